The van der Waals surface area contributed by atoms with E-state index >= 15 is 0 Å². The highest BCUT2D eigenvalue weighted by Crippen LogP contribution is 2.22. The third-order valence-electron chi connectivity index (χ3n) is 3.46. The average molecular weight is 317 g/mol. The quantitative estimate of drug-likeness (QED) is 0.577. The second kappa shape index (κ2) is 8.33. The molecule has 0 saturated carbocycles. The van der Waals surface area contributed by atoms with Crippen molar-refractivity contribution in [3.8, 4) is 17.1 Å². The number of methoxy groups -OCH3 is 1. The van der Waals surface area contributed by atoms with Crippen LogP contribution in [0.4, 0.5) is 0 Å². The number of nitrogens with zero attached hydrogens (tertiary/aromatic N) is 1. The number of ether oxygens (including phenoxy) is 2. The van der Waals surface area contributed by atoms with Crippen molar-refractivity contribution in [1.82, 2.24) is 15.3 Å². The van der Waals surface area contributed by atoms with E-state index in [1.807, 2.05) is 31.3 Å². The molecule has 6 nitrogen and oxygen atoms in total. The van der Waals surface area contributed by atoms with Crippen molar-refractivity contribution < 1.29 is 14.3 Å². The third kappa shape index (κ3) is 4.32. The molecule has 2 aromatic rings. The average Bonchev–Trinajstić information content (AvgIpc) is 3.00. The number of esters is 1. The zero-order valence-corrected chi connectivity index (χ0v) is 13.8. The van der Waals surface area contributed by atoms with E-state index in [-0.39, 0.29) is 5.97 Å². The molecule has 0 bridgehead atoms. The van der Waals surface area contributed by atoms with Crippen LogP contribution in [-0.4, -0.2) is 43.2 Å². The minimum absolute atomic E-state index is 0.333. The Morgan fingerprint density at radius 2 is 2.04 bits per heavy atom. The molecule has 1 aromatic heterocycles. The molecule has 0 spiro atoms. The summed E-state index contributed by atoms with van der Waals surface area (Å²) >= 11 is 0. The van der Waals surface area contributed by atoms with Gasteiger partial charge in [0.15, 0.2) is 5.69 Å². The summed E-state index contributed by atoms with van der Waals surface area (Å²) in [5.41, 5.74) is 2.08. The van der Waals surface area contributed by atoms with Gasteiger partial charge in [-0.25, -0.2) is 9.78 Å². The second-order valence-electron chi connectivity index (χ2n) is 5.07. The van der Waals surface area contributed by atoms with Crippen LogP contribution in [0.5, 0.6) is 5.75 Å². The summed E-state index contributed by atoms with van der Waals surface area (Å²) in [6.07, 6.45) is 1.64. The molecule has 2 N–H and O–H groups in total. The van der Waals surface area contributed by atoms with Crippen molar-refractivity contribution in [3.05, 3.63) is 35.7 Å². The van der Waals surface area contributed by atoms with Gasteiger partial charge < -0.3 is 19.8 Å². The number of benzene rings is 1. The molecular formula is C17H23N3O3. The zero-order chi connectivity index (χ0) is 16.7. The second-order valence-corrected chi connectivity index (χ2v) is 5.07. The first-order valence-corrected chi connectivity index (χ1v) is 7.74. The number of rotatable bonds is 8. The number of H-pyrrole nitrogens is 1. The molecule has 1 heterocycles. The minimum atomic E-state index is -0.386. The lowest BCUT2D eigenvalue weighted by molar-refractivity contribution is 0.0519. The number of carbonyl (C=O) groups is 1. The van der Waals surface area contributed by atoms with Crippen LogP contribution in [0.2, 0.25) is 0 Å². The summed E-state index contributed by atoms with van der Waals surface area (Å²) in [6.45, 7) is 2.99. The smallest absolute Gasteiger partial charge is 0.358 e. The maximum atomic E-state index is 12.1. The largest absolute Gasteiger partial charge is 0.497 e. The number of imidazole rings is 1. The first kappa shape index (κ1) is 17.0. The number of carbonyl (C=O) groups excluding carboxylic acids is 1. The van der Waals surface area contributed by atoms with E-state index in [0.717, 1.165) is 36.4 Å². The fourth-order valence-corrected chi connectivity index (χ4v) is 2.29. The lowest BCUT2D eigenvalue weighted by Gasteiger charge is -2.02. The summed E-state index contributed by atoms with van der Waals surface area (Å²) < 4.78 is 10.3. The van der Waals surface area contributed by atoms with Crippen LogP contribution in [0.3, 0.4) is 0 Å². The number of aromatic nitrogens is 2. The molecule has 6 heteroatoms. The predicted molar refractivity (Wildman–Crippen MR) is 88.8 cm³/mol. The van der Waals surface area contributed by atoms with Gasteiger partial charge >= 0.3 is 5.97 Å². The molecule has 0 aliphatic heterocycles. The Hall–Kier alpha value is -2.34. The van der Waals surface area contributed by atoms with Gasteiger partial charge in [0.05, 0.1) is 19.4 Å². The van der Waals surface area contributed by atoms with Crippen LogP contribution < -0.4 is 10.1 Å². The number of aryl methyl sites for hydroxylation is 1. The van der Waals surface area contributed by atoms with Crippen LogP contribution in [-0.2, 0) is 11.2 Å². The van der Waals surface area contributed by atoms with E-state index in [9.17, 15) is 4.79 Å². The van der Waals surface area contributed by atoms with Gasteiger partial charge in [0, 0.05) is 5.56 Å². The van der Waals surface area contributed by atoms with E-state index in [0.29, 0.717) is 18.1 Å². The van der Waals surface area contributed by atoms with Gasteiger partial charge in [-0.1, -0.05) is 0 Å². The molecule has 0 fully saturated rings. The van der Waals surface area contributed by atoms with Gasteiger partial charge in [-0.15, -0.1) is 0 Å². The molecule has 2 rings (SSSR count). The molecule has 124 valence electrons. The Morgan fingerprint density at radius 3 is 2.65 bits per heavy atom. The van der Waals surface area contributed by atoms with Gasteiger partial charge in [0.25, 0.3) is 0 Å². The molecule has 1 aromatic carbocycles. The molecular weight excluding hydrogens is 294 g/mol. The Kier molecular flexibility index (Phi) is 6.17. The van der Waals surface area contributed by atoms with E-state index in [1.165, 1.54) is 0 Å². The van der Waals surface area contributed by atoms with E-state index < -0.39 is 0 Å². The van der Waals surface area contributed by atoms with Gasteiger partial charge in [-0.05, 0) is 57.6 Å². The Bertz CT molecular complexity index is 635. The highest BCUT2D eigenvalue weighted by atomic mass is 16.5. The fraction of sp³-hybridized carbons (Fsp3) is 0.412. The van der Waals surface area contributed by atoms with E-state index in [2.05, 4.69) is 15.3 Å². The maximum absolute atomic E-state index is 12.1. The minimum Gasteiger partial charge on any atom is -0.497 e. The number of aromatic amines is 1. The van der Waals surface area contributed by atoms with Gasteiger partial charge in [0.2, 0.25) is 0 Å². The molecule has 0 atom stereocenters. The summed E-state index contributed by atoms with van der Waals surface area (Å²) in [5.74, 6) is 1.05. The maximum Gasteiger partial charge on any atom is 0.358 e. The molecule has 0 aliphatic carbocycles. The highest BCUT2D eigenvalue weighted by molar-refractivity contribution is 5.89. The van der Waals surface area contributed by atoms with Crippen LogP contribution >= 0.6 is 0 Å². The first-order valence-electron chi connectivity index (χ1n) is 7.74. The van der Waals surface area contributed by atoms with E-state index in [1.54, 1.807) is 14.0 Å². The van der Waals surface area contributed by atoms with Crippen molar-refractivity contribution in [3.63, 3.8) is 0 Å². The first-order chi connectivity index (χ1) is 11.2. The van der Waals surface area contributed by atoms with Gasteiger partial charge in [0.1, 0.15) is 11.6 Å². The zero-order valence-electron chi connectivity index (χ0n) is 13.8. The molecule has 0 saturated heterocycles. The summed E-state index contributed by atoms with van der Waals surface area (Å²) in [5, 5.41) is 3.10. The normalized spacial score (nSPS) is 10.6. The molecule has 23 heavy (non-hydrogen) atoms. The topological polar surface area (TPSA) is 76.2 Å². The van der Waals surface area contributed by atoms with Crippen molar-refractivity contribution >= 4 is 5.97 Å². The van der Waals surface area contributed by atoms with Crippen molar-refractivity contribution in [2.75, 3.05) is 27.3 Å². The van der Waals surface area contributed by atoms with E-state index in [4.69, 9.17) is 9.47 Å². The van der Waals surface area contributed by atoms with Gasteiger partial charge in [-0.2, -0.15) is 0 Å². The summed E-state index contributed by atoms with van der Waals surface area (Å²) in [6, 6.07) is 7.54. The SMILES string of the molecule is CCOC(=O)c1nc(-c2ccc(OC)cc2)[nH]c1CCCNC. The molecule has 0 amide bonds. The van der Waals surface area contributed by atoms with Crippen molar-refractivity contribution in [2.24, 2.45) is 0 Å². The Balaban J connectivity index is 2.28. The monoisotopic (exact) mass is 317 g/mol. The van der Waals surface area contributed by atoms with Crippen LogP contribution in [0, 0.1) is 0 Å². The number of hydrogen-bond acceptors (Lipinski definition) is 5. The molecule has 0 unspecified atom stereocenters. The van der Waals surface area contributed by atoms with Crippen molar-refractivity contribution in [1.29, 1.82) is 0 Å². The Morgan fingerprint density at radius 1 is 1.30 bits per heavy atom. The third-order valence-corrected chi connectivity index (χ3v) is 3.46. The highest BCUT2D eigenvalue weighted by Gasteiger charge is 2.19. The number of nitrogens with one attached hydrogen (secondary N) is 2. The van der Waals surface area contributed by atoms with Crippen molar-refractivity contribution in [2.45, 2.75) is 19.8 Å². The lowest BCUT2D eigenvalue weighted by atomic mass is 10.2. The van der Waals surface area contributed by atoms with Gasteiger partial charge in [-0.3, -0.25) is 0 Å². The standard InChI is InChI=1S/C17H23N3O3/c1-4-23-17(21)15-14(6-5-11-18-2)19-16(20-15)12-7-9-13(22-3)10-8-12/h7-10,18H,4-6,11H2,1-3H3,(H,19,20). The van der Waals surface area contributed by atoms with Crippen LogP contribution in [0.15, 0.2) is 24.3 Å². The van der Waals surface area contributed by atoms with Crippen LogP contribution in [0.1, 0.15) is 29.5 Å². The lowest BCUT2D eigenvalue weighted by Crippen LogP contribution is -2.11. The molecule has 0 radical (unpaired) electrons. The fourth-order valence-electron chi connectivity index (χ4n) is 2.29. The predicted octanol–water partition coefficient (Wildman–Crippen LogP) is 2.41. The van der Waals surface area contributed by atoms with Crippen LogP contribution in [0.25, 0.3) is 11.4 Å². The molecule has 0 aliphatic rings. The number of hydrogen-bond donors (Lipinski definition) is 2. The summed E-state index contributed by atoms with van der Waals surface area (Å²) in [4.78, 5) is 19.8. The summed E-state index contributed by atoms with van der Waals surface area (Å²) in [7, 11) is 3.53. The Labute approximate surface area is 136 Å².